The van der Waals surface area contributed by atoms with Gasteiger partial charge in [0, 0.05) is 17.7 Å². The Morgan fingerprint density at radius 1 is 1.20 bits per heavy atom. The van der Waals surface area contributed by atoms with Crippen molar-refractivity contribution < 1.29 is 4.39 Å². The summed E-state index contributed by atoms with van der Waals surface area (Å²) in [6.45, 7) is 6.79. The number of halogens is 1. The number of nitrogens with one attached hydrogen (secondary N) is 1. The summed E-state index contributed by atoms with van der Waals surface area (Å²) in [7, 11) is 0. The van der Waals surface area contributed by atoms with Crippen LogP contribution in [0.25, 0.3) is 11.3 Å². The molecule has 2 aromatic rings. The van der Waals surface area contributed by atoms with Gasteiger partial charge in [-0.05, 0) is 31.4 Å². The molecule has 0 aliphatic rings. The second-order valence-electron chi connectivity index (χ2n) is 4.79. The first-order valence-corrected chi connectivity index (χ1v) is 7.01. The molecule has 0 bridgehead atoms. The molecular formula is C16H20FN3. The molecule has 1 N–H and O–H groups in total. The minimum Gasteiger partial charge on any atom is -0.370 e. The first-order chi connectivity index (χ1) is 9.67. The number of aryl methyl sites for hydroxylation is 1. The molecule has 0 unspecified atom stereocenters. The quantitative estimate of drug-likeness (QED) is 0.895. The summed E-state index contributed by atoms with van der Waals surface area (Å²) in [4.78, 5) is 8.64. The molecule has 0 fully saturated rings. The number of hydrogen-bond acceptors (Lipinski definition) is 3. The fourth-order valence-corrected chi connectivity index (χ4v) is 2.13. The van der Waals surface area contributed by atoms with E-state index >= 15 is 0 Å². The van der Waals surface area contributed by atoms with Crippen LogP contribution in [0.2, 0.25) is 0 Å². The highest BCUT2D eigenvalue weighted by Crippen LogP contribution is 2.27. The molecule has 1 heterocycles. The second kappa shape index (κ2) is 6.46. The van der Waals surface area contributed by atoms with Gasteiger partial charge >= 0.3 is 0 Å². The Balaban J connectivity index is 2.47. The Morgan fingerprint density at radius 2 is 2.00 bits per heavy atom. The number of aromatic nitrogens is 2. The minimum atomic E-state index is -0.203. The molecule has 3 nitrogen and oxygen atoms in total. The Kier molecular flexibility index (Phi) is 4.66. The van der Waals surface area contributed by atoms with E-state index < -0.39 is 0 Å². The minimum absolute atomic E-state index is 0.203. The first-order valence-electron chi connectivity index (χ1n) is 7.01. The smallest absolute Gasteiger partial charge is 0.133 e. The van der Waals surface area contributed by atoms with Crippen LogP contribution in [-0.2, 0) is 6.42 Å². The highest BCUT2D eigenvalue weighted by molar-refractivity contribution is 5.68. The summed E-state index contributed by atoms with van der Waals surface area (Å²) in [5.41, 5.74) is 3.28. The third kappa shape index (κ3) is 2.95. The Morgan fingerprint density at radius 3 is 2.65 bits per heavy atom. The predicted octanol–water partition coefficient (Wildman–Crippen LogP) is 3.98. The third-order valence-corrected chi connectivity index (χ3v) is 3.29. The molecule has 0 amide bonds. The fourth-order valence-electron chi connectivity index (χ4n) is 2.13. The highest BCUT2D eigenvalue weighted by Gasteiger charge is 2.12. The molecule has 1 aromatic heterocycles. The number of nitrogens with zero attached hydrogens (tertiary/aromatic N) is 2. The molecular weight excluding hydrogens is 253 g/mol. The summed E-state index contributed by atoms with van der Waals surface area (Å²) in [5, 5.41) is 3.31. The summed E-state index contributed by atoms with van der Waals surface area (Å²) in [6.07, 6.45) is 3.36. The zero-order valence-corrected chi connectivity index (χ0v) is 12.2. The van der Waals surface area contributed by atoms with Gasteiger partial charge < -0.3 is 5.32 Å². The average Bonchev–Trinajstić information content (AvgIpc) is 2.47. The van der Waals surface area contributed by atoms with Crippen molar-refractivity contribution in [1.29, 1.82) is 0 Å². The number of rotatable bonds is 5. The van der Waals surface area contributed by atoms with E-state index in [1.165, 1.54) is 6.33 Å². The van der Waals surface area contributed by atoms with Crippen molar-refractivity contribution in [3.63, 3.8) is 0 Å². The van der Waals surface area contributed by atoms with Crippen LogP contribution in [0.4, 0.5) is 10.2 Å². The van der Waals surface area contributed by atoms with Crippen LogP contribution < -0.4 is 5.32 Å². The van der Waals surface area contributed by atoms with E-state index in [2.05, 4.69) is 29.1 Å². The van der Waals surface area contributed by atoms with Gasteiger partial charge in [0.15, 0.2) is 0 Å². The Hall–Kier alpha value is -1.97. The van der Waals surface area contributed by atoms with Gasteiger partial charge in [-0.15, -0.1) is 0 Å². The SMILES string of the molecule is CCCNc1ncnc(-c2ccc(C)c(F)c2)c1CC. The van der Waals surface area contributed by atoms with Crippen molar-refractivity contribution in [3.8, 4) is 11.3 Å². The van der Waals surface area contributed by atoms with E-state index in [-0.39, 0.29) is 5.82 Å². The third-order valence-electron chi connectivity index (χ3n) is 3.29. The lowest BCUT2D eigenvalue weighted by atomic mass is 10.0. The van der Waals surface area contributed by atoms with E-state index in [9.17, 15) is 4.39 Å². The Labute approximate surface area is 119 Å². The van der Waals surface area contributed by atoms with Crippen LogP contribution in [0.15, 0.2) is 24.5 Å². The maximum atomic E-state index is 13.7. The largest absolute Gasteiger partial charge is 0.370 e. The molecule has 2 rings (SSSR count). The summed E-state index contributed by atoms with van der Waals surface area (Å²) >= 11 is 0. The van der Waals surface area contributed by atoms with Crippen molar-refractivity contribution >= 4 is 5.82 Å². The zero-order chi connectivity index (χ0) is 14.5. The van der Waals surface area contributed by atoms with Crippen LogP contribution >= 0.6 is 0 Å². The van der Waals surface area contributed by atoms with Crippen LogP contribution in [0.3, 0.4) is 0 Å². The molecule has 0 atom stereocenters. The van der Waals surface area contributed by atoms with Gasteiger partial charge in [0.25, 0.3) is 0 Å². The molecule has 0 aliphatic heterocycles. The van der Waals surface area contributed by atoms with E-state index in [1.807, 2.05) is 6.07 Å². The lowest BCUT2D eigenvalue weighted by Gasteiger charge is -2.13. The van der Waals surface area contributed by atoms with Crippen molar-refractivity contribution in [1.82, 2.24) is 9.97 Å². The summed E-state index contributed by atoms with van der Waals surface area (Å²) in [6, 6.07) is 5.23. The van der Waals surface area contributed by atoms with Gasteiger partial charge in [-0.25, -0.2) is 14.4 Å². The molecule has 20 heavy (non-hydrogen) atoms. The molecule has 0 saturated heterocycles. The second-order valence-corrected chi connectivity index (χ2v) is 4.79. The molecule has 0 saturated carbocycles. The van der Waals surface area contributed by atoms with E-state index in [1.54, 1.807) is 19.1 Å². The van der Waals surface area contributed by atoms with E-state index in [0.717, 1.165) is 42.0 Å². The summed E-state index contributed by atoms with van der Waals surface area (Å²) in [5.74, 6) is 0.645. The maximum Gasteiger partial charge on any atom is 0.133 e. The van der Waals surface area contributed by atoms with Crippen LogP contribution in [0.5, 0.6) is 0 Å². The average molecular weight is 273 g/mol. The van der Waals surface area contributed by atoms with Gasteiger partial charge in [-0.1, -0.05) is 26.0 Å². The highest BCUT2D eigenvalue weighted by atomic mass is 19.1. The monoisotopic (exact) mass is 273 g/mol. The van der Waals surface area contributed by atoms with Crippen molar-refractivity contribution in [3.05, 3.63) is 41.5 Å². The van der Waals surface area contributed by atoms with Crippen LogP contribution in [0, 0.1) is 12.7 Å². The van der Waals surface area contributed by atoms with Crippen molar-refractivity contribution in [2.24, 2.45) is 0 Å². The van der Waals surface area contributed by atoms with Crippen molar-refractivity contribution in [2.75, 3.05) is 11.9 Å². The van der Waals surface area contributed by atoms with Gasteiger partial charge in [0.05, 0.1) is 5.69 Å². The molecule has 0 radical (unpaired) electrons. The van der Waals surface area contributed by atoms with Crippen LogP contribution in [0.1, 0.15) is 31.4 Å². The topological polar surface area (TPSA) is 37.8 Å². The lowest BCUT2D eigenvalue weighted by Crippen LogP contribution is -2.07. The zero-order valence-electron chi connectivity index (χ0n) is 12.2. The van der Waals surface area contributed by atoms with Gasteiger partial charge in [0.1, 0.15) is 18.0 Å². The summed E-state index contributed by atoms with van der Waals surface area (Å²) < 4.78 is 13.7. The molecule has 4 heteroatoms. The number of benzene rings is 1. The van der Waals surface area contributed by atoms with Crippen molar-refractivity contribution in [2.45, 2.75) is 33.6 Å². The molecule has 106 valence electrons. The van der Waals surface area contributed by atoms with Gasteiger partial charge in [-0.3, -0.25) is 0 Å². The van der Waals surface area contributed by atoms with Gasteiger partial charge in [-0.2, -0.15) is 0 Å². The molecule has 0 aliphatic carbocycles. The fraction of sp³-hybridized carbons (Fsp3) is 0.375. The number of hydrogen-bond donors (Lipinski definition) is 1. The van der Waals surface area contributed by atoms with E-state index in [0.29, 0.717) is 5.56 Å². The first kappa shape index (κ1) is 14.4. The maximum absolute atomic E-state index is 13.7. The standard InChI is InChI=1S/C16H20FN3/c1-4-8-18-16-13(5-2)15(19-10-20-16)12-7-6-11(3)14(17)9-12/h6-7,9-10H,4-5,8H2,1-3H3,(H,18,19,20). The molecule has 1 aromatic carbocycles. The molecule has 0 spiro atoms. The lowest BCUT2D eigenvalue weighted by molar-refractivity contribution is 0.619. The number of anilines is 1. The van der Waals surface area contributed by atoms with Gasteiger partial charge in [0.2, 0.25) is 0 Å². The van der Waals surface area contributed by atoms with Crippen LogP contribution in [-0.4, -0.2) is 16.5 Å². The predicted molar refractivity (Wildman–Crippen MR) is 80.3 cm³/mol. The van der Waals surface area contributed by atoms with E-state index in [4.69, 9.17) is 0 Å². The normalized spacial score (nSPS) is 10.6. The Bertz CT molecular complexity index is 596.